The third-order valence-corrected chi connectivity index (χ3v) is 4.51. The van der Waals surface area contributed by atoms with Crippen molar-refractivity contribution in [2.24, 2.45) is 11.7 Å². The summed E-state index contributed by atoms with van der Waals surface area (Å²) in [6.07, 6.45) is 9.72. The van der Waals surface area contributed by atoms with E-state index < -0.39 is 5.83 Å². The highest BCUT2D eigenvalue weighted by molar-refractivity contribution is 6.31. The van der Waals surface area contributed by atoms with Gasteiger partial charge in [-0.3, -0.25) is 9.81 Å². The molecule has 0 saturated heterocycles. The molecule has 0 amide bonds. The molecule has 0 unspecified atom stereocenters. The Bertz CT molecular complexity index is 1060. The zero-order valence-electron chi connectivity index (χ0n) is 15.0. The number of nitrogens with two attached hydrogens (primary N) is 1. The first-order valence-corrected chi connectivity index (χ1v) is 8.61. The molecule has 0 radical (unpaired) electrons. The van der Waals surface area contributed by atoms with Crippen molar-refractivity contribution in [1.29, 1.82) is 10.7 Å². The lowest BCUT2D eigenvalue weighted by Crippen LogP contribution is -2.13. The van der Waals surface area contributed by atoms with Gasteiger partial charge in [0.15, 0.2) is 0 Å². The lowest BCUT2D eigenvalue weighted by atomic mass is 9.93. The van der Waals surface area contributed by atoms with Gasteiger partial charge in [0.05, 0.1) is 11.9 Å². The van der Waals surface area contributed by atoms with Crippen LogP contribution in [-0.2, 0) is 0 Å². The van der Waals surface area contributed by atoms with Gasteiger partial charge in [-0.05, 0) is 49.5 Å². The number of hydrogen-bond acceptors (Lipinski definition) is 4. The molecule has 1 aliphatic rings. The number of halogens is 1. The van der Waals surface area contributed by atoms with Crippen LogP contribution in [0.15, 0.2) is 66.4 Å². The number of nitriles is 1. The van der Waals surface area contributed by atoms with Gasteiger partial charge in [-0.1, -0.05) is 18.7 Å². The Morgan fingerprint density at radius 2 is 2.19 bits per heavy atom. The molecule has 2 heterocycles. The number of fused-ring (bicyclic) bond motifs is 1. The molecule has 3 rings (SSSR count). The summed E-state index contributed by atoms with van der Waals surface area (Å²) < 4.78 is 14.7. The highest BCUT2D eigenvalue weighted by Gasteiger charge is 2.29. The molecule has 0 aromatic carbocycles. The van der Waals surface area contributed by atoms with Crippen molar-refractivity contribution in [2.45, 2.75) is 19.8 Å². The zero-order valence-corrected chi connectivity index (χ0v) is 15.0. The predicted molar refractivity (Wildman–Crippen MR) is 105 cm³/mol. The minimum Gasteiger partial charge on any atom is -0.401 e. The molecule has 0 bridgehead atoms. The molecule has 1 aliphatic carbocycles. The first-order chi connectivity index (χ1) is 13.0. The molecule has 27 heavy (non-hydrogen) atoms. The summed E-state index contributed by atoms with van der Waals surface area (Å²) in [4.78, 5) is 4.19. The Balaban J connectivity index is 2.13. The van der Waals surface area contributed by atoms with Crippen molar-refractivity contribution >= 4 is 16.9 Å². The fraction of sp³-hybridized carbons (Fsp3) is 0.190. The van der Waals surface area contributed by atoms with E-state index in [-0.39, 0.29) is 11.6 Å². The molecular weight excluding hydrogens is 341 g/mol. The zero-order chi connectivity index (χ0) is 19.6. The number of nitrogens with zero attached hydrogens (tertiary/aromatic N) is 3. The fourth-order valence-electron chi connectivity index (χ4n) is 2.91. The van der Waals surface area contributed by atoms with Crippen molar-refractivity contribution in [3.05, 3.63) is 77.7 Å². The van der Waals surface area contributed by atoms with Gasteiger partial charge in [0.2, 0.25) is 0 Å². The average molecular weight is 361 g/mol. The molecule has 136 valence electrons. The Labute approximate surface area is 157 Å². The van der Waals surface area contributed by atoms with Crippen LogP contribution in [0.5, 0.6) is 0 Å². The second-order valence-corrected chi connectivity index (χ2v) is 6.41. The van der Waals surface area contributed by atoms with E-state index in [0.717, 1.165) is 18.4 Å². The molecule has 0 aliphatic heterocycles. The number of hydrogen-bond donors (Lipinski definition) is 2. The Hall–Kier alpha value is -3.46. The van der Waals surface area contributed by atoms with Gasteiger partial charge in [0, 0.05) is 23.0 Å². The molecule has 1 saturated carbocycles. The van der Waals surface area contributed by atoms with Gasteiger partial charge in [-0.15, -0.1) is 0 Å². The van der Waals surface area contributed by atoms with E-state index in [1.54, 1.807) is 29.7 Å². The van der Waals surface area contributed by atoms with Crippen LogP contribution in [-0.4, -0.2) is 15.1 Å². The molecule has 2 aromatic rings. The van der Waals surface area contributed by atoms with E-state index in [9.17, 15) is 9.65 Å². The van der Waals surface area contributed by atoms with E-state index in [0.29, 0.717) is 28.2 Å². The highest BCUT2D eigenvalue weighted by Crippen LogP contribution is 2.38. The first kappa shape index (κ1) is 18.3. The largest absolute Gasteiger partial charge is 0.401 e. The minimum absolute atomic E-state index is 0.206. The molecule has 0 atom stereocenters. The van der Waals surface area contributed by atoms with Gasteiger partial charge < -0.3 is 5.73 Å². The molecule has 1 fully saturated rings. The summed E-state index contributed by atoms with van der Waals surface area (Å²) in [6, 6.07) is 5.73. The van der Waals surface area contributed by atoms with Crippen molar-refractivity contribution in [1.82, 2.24) is 9.38 Å². The van der Waals surface area contributed by atoms with Crippen molar-refractivity contribution < 1.29 is 4.39 Å². The van der Waals surface area contributed by atoms with Gasteiger partial charge in [-0.2, -0.15) is 5.26 Å². The van der Waals surface area contributed by atoms with Crippen molar-refractivity contribution in [3.63, 3.8) is 0 Å². The summed E-state index contributed by atoms with van der Waals surface area (Å²) in [5, 5.41) is 18.0. The molecule has 2 aromatic heterocycles. The van der Waals surface area contributed by atoms with Gasteiger partial charge in [-0.25, -0.2) is 9.37 Å². The maximum absolute atomic E-state index is 13.0. The normalized spacial score (nSPS) is 15.7. The van der Waals surface area contributed by atoms with Crippen LogP contribution in [0.4, 0.5) is 4.39 Å². The smallest absolute Gasteiger partial charge is 0.144 e. The second kappa shape index (κ2) is 7.42. The monoisotopic (exact) mass is 361 g/mol. The molecule has 0 spiro atoms. The molecular formula is C21H20FN5. The number of allylic oxidation sites excluding steroid dienone is 7. The number of pyridine rings is 1. The van der Waals surface area contributed by atoms with Crippen LogP contribution in [0, 0.1) is 22.7 Å². The fourth-order valence-corrected chi connectivity index (χ4v) is 2.91. The SMILES string of the molecule is C=C(F)/C=C\C(=C/C)C(=N)/C(=C(\N)C1CC1)c1ccc2ncc(C#N)n2c1. The van der Waals surface area contributed by atoms with E-state index in [2.05, 4.69) is 17.6 Å². The minimum atomic E-state index is -0.582. The lowest BCUT2D eigenvalue weighted by Gasteiger charge is -2.15. The van der Waals surface area contributed by atoms with Crippen LogP contribution in [0.2, 0.25) is 0 Å². The van der Waals surface area contributed by atoms with Crippen LogP contribution in [0.3, 0.4) is 0 Å². The van der Waals surface area contributed by atoms with Crippen molar-refractivity contribution in [2.75, 3.05) is 0 Å². The number of rotatable bonds is 6. The van der Waals surface area contributed by atoms with E-state index in [1.165, 1.54) is 18.3 Å². The van der Waals surface area contributed by atoms with E-state index in [4.69, 9.17) is 11.1 Å². The summed E-state index contributed by atoms with van der Waals surface area (Å²) >= 11 is 0. The lowest BCUT2D eigenvalue weighted by molar-refractivity contribution is 0.671. The van der Waals surface area contributed by atoms with Crippen LogP contribution in [0.1, 0.15) is 31.0 Å². The van der Waals surface area contributed by atoms with Crippen LogP contribution >= 0.6 is 0 Å². The Morgan fingerprint density at radius 1 is 1.44 bits per heavy atom. The topological polar surface area (TPSA) is 91.0 Å². The third-order valence-electron chi connectivity index (χ3n) is 4.51. The summed E-state index contributed by atoms with van der Waals surface area (Å²) in [5.74, 6) is -0.339. The Kier molecular flexibility index (Phi) is 5.04. The summed E-state index contributed by atoms with van der Waals surface area (Å²) in [6.45, 7) is 5.00. The second-order valence-electron chi connectivity index (χ2n) is 6.41. The molecule has 3 N–H and O–H groups in total. The number of aromatic nitrogens is 2. The molecule has 5 nitrogen and oxygen atoms in total. The maximum Gasteiger partial charge on any atom is 0.144 e. The highest BCUT2D eigenvalue weighted by atomic mass is 19.1. The maximum atomic E-state index is 13.0. The first-order valence-electron chi connectivity index (χ1n) is 8.61. The molecule has 6 heteroatoms. The van der Waals surface area contributed by atoms with E-state index >= 15 is 0 Å². The van der Waals surface area contributed by atoms with Crippen LogP contribution in [0.25, 0.3) is 11.2 Å². The summed E-state index contributed by atoms with van der Waals surface area (Å²) in [7, 11) is 0. The van der Waals surface area contributed by atoms with Gasteiger partial charge in [0.1, 0.15) is 23.2 Å². The standard InChI is InChI=1S/C21H20FN5/c1-3-14(5-4-13(2)22)20(24)19(21(25)15-6-7-15)16-8-9-18-26-11-17(10-23)27(18)12-16/h3-5,8-9,11-12,15,24H,2,6-7,25H2,1H3/b5-4-,14-3+,21-19-,24-20?. The Morgan fingerprint density at radius 3 is 2.78 bits per heavy atom. The third kappa shape index (κ3) is 3.72. The predicted octanol–water partition coefficient (Wildman–Crippen LogP) is 4.29. The quantitative estimate of drug-likeness (QED) is 0.594. The van der Waals surface area contributed by atoms with Crippen molar-refractivity contribution in [3.8, 4) is 6.07 Å². The number of imidazole rings is 1. The van der Waals surface area contributed by atoms with E-state index in [1.807, 2.05) is 6.07 Å². The summed E-state index contributed by atoms with van der Waals surface area (Å²) in [5.41, 5.74) is 10.2. The average Bonchev–Trinajstić information content (AvgIpc) is 3.42. The van der Waals surface area contributed by atoms with Crippen LogP contribution < -0.4 is 5.73 Å². The van der Waals surface area contributed by atoms with Gasteiger partial charge >= 0.3 is 0 Å². The van der Waals surface area contributed by atoms with Gasteiger partial charge in [0.25, 0.3) is 0 Å². The number of nitrogens with one attached hydrogen (secondary N) is 1.